The minimum absolute atomic E-state index is 0.0847. The number of rotatable bonds is 5. The van der Waals surface area contributed by atoms with Crippen molar-refractivity contribution in [2.45, 2.75) is 19.3 Å². The molecule has 32 heavy (non-hydrogen) atoms. The average molecular weight is 435 g/mol. The SMILES string of the molecule is O=C(O)[C@H]1CCCN(C(=O)c2ccc(NC(=O)[C@H]3CC(=O)N(c4ccccc4)C3)cc2)C1. The molecule has 2 aliphatic rings. The van der Waals surface area contributed by atoms with Gasteiger partial charge in [0.05, 0.1) is 11.8 Å². The number of benzene rings is 2. The van der Waals surface area contributed by atoms with Crippen LogP contribution in [0.5, 0.6) is 0 Å². The zero-order valence-corrected chi connectivity index (χ0v) is 17.6. The summed E-state index contributed by atoms with van der Waals surface area (Å²) in [5.74, 6) is -2.40. The number of carboxylic acid groups (broad SMARTS) is 1. The summed E-state index contributed by atoms with van der Waals surface area (Å²) in [4.78, 5) is 52.2. The van der Waals surface area contributed by atoms with Gasteiger partial charge in [0.25, 0.3) is 5.91 Å². The molecule has 2 aromatic rings. The van der Waals surface area contributed by atoms with Gasteiger partial charge in [0, 0.05) is 43.0 Å². The molecule has 0 radical (unpaired) electrons. The van der Waals surface area contributed by atoms with Crippen molar-refractivity contribution >= 4 is 35.1 Å². The molecule has 0 aromatic heterocycles. The maximum atomic E-state index is 12.7. The summed E-state index contributed by atoms with van der Waals surface area (Å²) in [6, 6.07) is 15.8. The molecular formula is C24H25N3O5. The van der Waals surface area contributed by atoms with Crippen LogP contribution in [0.3, 0.4) is 0 Å². The standard InChI is InChI=1S/C24H25N3O5/c28-21-13-18(15-27(21)20-6-2-1-3-7-20)22(29)25-19-10-8-16(9-11-19)23(30)26-12-4-5-17(14-26)24(31)32/h1-3,6-11,17-18H,4-5,12-15H2,(H,25,29)(H,31,32)/t17-,18-/m0/s1. The average Bonchev–Trinajstić information content (AvgIpc) is 3.21. The van der Waals surface area contributed by atoms with Crippen LogP contribution in [0.2, 0.25) is 0 Å². The number of amides is 3. The highest BCUT2D eigenvalue weighted by Crippen LogP contribution is 2.26. The maximum absolute atomic E-state index is 12.7. The molecule has 2 heterocycles. The molecule has 0 bridgehead atoms. The Kier molecular flexibility index (Phi) is 6.20. The van der Waals surface area contributed by atoms with E-state index < -0.39 is 17.8 Å². The fraction of sp³-hybridized carbons (Fsp3) is 0.333. The van der Waals surface area contributed by atoms with Crippen LogP contribution >= 0.6 is 0 Å². The maximum Gasteiger partial charge on any atom is 0.308 e. The third-order valence-corrected chi connectivity index (χ3v) is 6.02. The van der Waals surface area contributed by atoms with Crippen LogP contribution in [0.15, 0.2) is 54.6 Å². The minimum atomic E-state index is -0.878. The Morgan fingerprint density at radius 1 is 0.938 bits per heavy atom. The fourth-order valence-electron chi connectivity index (χ4n) is 4.23. The zero-order chi connectivity index (χ0) is 22.7. The van der Waals surface area contributed by atoms with Crippen molar-refractivity contribution in [1.82, 2.24) is 4.90 Å². The summed E-state index contributed by atoms with van der Waals surface area (Å²) < 4.78 is 0. The van der Waals surface area contributed by atoms with Gasteiger partial charge in [-0.05, 0) is 49.2 Å². The van der Waals surface area contributed by atoms with Crippen molar-refractivity contribution in [2.75, 3.05) is 29.9 Å². The van der Waals surface area contributed by atoms with Gasteiger partial charge in [-0.15, -0.1) is 0 Å². The Bertz CT molecular complexity index is 1020. The van der Waals surface area contributed by atoms with Crippen molar-refractivity contribution in [2.24, 2.45) is 11.8 Å². The van der Waals surface area contributed by atoms with E-state index in [2.05, 4.69) is 5.32 Å². The molecule has 2 atom stereocenters. The number of carbonyl (C=O) groups is 4. The molecule has 3 amide bonds. The minimum Gasteiger partial charge on any atom is -0.481 e. The topological polar surface area (TPSA) is 107 Å². The molecule has 166 valence electrons. The molecule has 8 nitrogen and oxygen atoms in total. The van der Waals surface area contributed by atoms with Crippen molar-refractivity contribution < 1.29 is 24.3 Å². The quantitative estimate of drug-likeness (QED) is 0.751. The third-order valence-electron chi connectivity index (χ3n) is 6.02. The number of anilines is 2. The summed E-state index contributed by atoms with van der Waals surface area (Å²) in [7, 11) is 0. The van der Waals surface area contributed by atoms with Gasteiger partial charge in [0.2, 0.25) is 11.8 Å². The number of piperidine rings is 1. The second-order valence-corrected chi connectivity index (χ2v) is 8.24. The molecular weight excluding hydrogens is 410 g/mol. The molecule has 2 fully saturated rings. The summed E-state index contributed by atoms with van der Waals surface area (Å²) in [6.07, 6.45) is 1.39. The first-order valence-electron chi connectivity index (χ1n) is 10.7. The number of aliphatic carboxylic acids is 1. The Morgan fingerprint density at radius 2 is 1.66 bits per heavy atom. The van der Waals surface area contributed by atoms with Crippen LogP contribution in [0.4, 0.5) is 11.4 Å². The Hall–Kier alpha value is -3.68. The second kappa shape index (κ2) is 9.21. The molecule has 0 saturated carbocycles. The number of hydrogen-bond donors (Lipinski definition) is 2. The molecule has 2 saturated heterocycles. The predicted octanol–water partition coefficient (Wildman–Crippen LogP) is 2.62. The number of carboxylic acids is 1. The number of carbonyl (C=O) groups excluding carboxylic acids is 3. The smallest absolute Gasteiger partial charge is 0.308 e. The number of para-hydroxylation sites is 1. The van der Waals surface area contributed by atoms with Crippen LogP contribution in [0, 0.1) is 11.8 Å². The van der Waals surface area contributed by atoms with E-state index in [1.807, 2.05) is 30.3 Å². The Labute approximate surface area is 185 Å². The third kappa shape index (κ3) is 4.64. The Balaban J connectivity index is 1.35. The lowest BCUT2D eigenvalue weighted by Gasteiger charge is -2.30. The second-order valence-electron chi connectivity index (χ2n) is 8.24. The van der Waals surface area contributed by atoms with Gasteiger partial charge in [0.1, 0.15) is 0 Å². The lowest BCUT2D eigenvalue weighted by atomic mass is 9.97. The monoisotopic (exact) mass is 435 g/mol. The van der Waals surface area contributed by atoms with Crippen LogP contribution < -0.4 is 10.2 Å². The van der Waals surface area contributed by atoms with Crippen molar-refractivity contribution in [3.05, 3.63) is 60.2 Å². The first kappa shape index (κ1) is 21.5. The highest BCUT2D eigenvalue weighted by molar-refractivity contribution is 6.03. The van der Waals surface area contributed by atoms with Crippen LogP contribution in [0.25, 0.3) is 0 Å². The first-order valence-corrected chi connectivity index (χ1v) is 10.7. The first-order chi connectivity index (χ1) is 15.4. The molecule has 0 spiro atoms. The van der Waals surface area contributed by atoms with E-state index in [1.54, 1.807) is 34.1 Å². The van der Waals surface area contributed by atoms with Gasteiger partial charge in [-0.25, -0.2) is 0 Å². The summed E-state index contributed by atoms with van der Waals surface area (Å²) in [5.41, 5.74) is 1.76. The van der Waals surface area contributed by atoms with E-state index in [4.69, 9.17) is 0 Å². The van der Waals surface area contributed by atoms with Crippen molar-refractivity contribution in [3.63, 3.8) is 0 Å². The van der Waals surface area contributed by atoms with Crippen LogP contribution in [-0.2, 0) is 14.4 Å². The van der Waals surface area contributed by atoms with E-state index in [-0.39, 0.29) is 30.7 Å². The summed E-state index contributed by atoms with van der Waals surface area (Å²) in [6.45, 7) is 1.07. The van der Waals surface area contributed by atoms with Gasteiger partial charge < -0.3 is 20.2 Å². The molecule has 2 N–H and O–H groups in total. The highest BCUT2D eigenvalue weighted by Gasteiger charge is 2.35. The molecule has 8 heteroatoms. The number of hydrogen-bond acceptors (Lipinski definition) is 4. The lowest BCUT2D eigenvalue weighted by molar-refractivity contribution is -0.143. The molecule has 0 unspecified atom stereocenters. The van der Waals surface area contributed by atoms with E-state index in [9.17, 15) is 24.3 Å². The van der Waals surface area contributed by atoms with Gasteiger partial charge >= 0.3 is 5.97 Å². The normalized spacial score (nSPS) is 20.8. The number of nitrogens with one attached hydrogen (secondary N) is 1. The molecule has 2 aliphatic heterocycles. The van der Waals surface area contributed by atoms with E-state index in [0.29, 0.717) is 37.2 Å². The molecule has 4 rings (SSSR count). The van der Waals surface area contributed by atoms with Gasteiger partial charge in [-0.3, -0.25) is 19.2 Å². The van der Waals surface area contributed by atoms with Gasteiger partial charge in [-0.1, -0.05) is 18.2 Å². The van der Waals surface area contributed by atoms with E-state index in [0.717, 1.165) is 5.69 Å². The predicted molar refractivity (Wildman–Crippen MR) is 118 cm³/mol. The Morgan fingerprint density at radius 3 is 2.34 bits per heavy atom. The summed E-state index contributed by atoms with van der Waals surface area (Å²) in [5, 5.41) is 12.0. The van der Waals surface area contributed by atoms with Crippen LogP contribution in [-0.4, -0.2) is 53.3 Å². The fourth-order valence-corrected chi connectivity index (χ4v) is 4.23. The number of likely N-dealkylation sites (tertiary alicyclic amines) is 1. The van der Waals surface area contributed by atoms with E-state index >= 15 is 0 Å². The zero-order valence-electron chi connectivity index (χ0n) is 17.6. The molecule has 0 aliphatic carbocycles. The highest BCUT2D eigenvalue weighted by atomic mass is 16.4. The van der Waals surface area contributed by atoms with Crippen molar-refractivity contribution in [1.29, 1.82) is 0 Å². The number of nitrogens with zero attached hydrogens (tertiary/aromatic N) is 2. The lowest BCUT2D eigenvalue weighted by Crippen LogP contribution is -2.42. The van der Waals surface area contributed by atoms with Crippen LogP contribution in [0.1, 0.15) is 29.6 Å². The molecule has 2 aromatic carbocycles. The largest absolute Gasteiger partial charge is 0.481 e. The van der Waals surface area contributed by atoms with Crippen molar-refractivity contribution in [3.8, 4) is 0 Å². The summed E-state index contributed by atoms with van der Waals surface area (Å²) >= 11 is 0. The van der Waals surface area contributed by atoms with Gasteiger partial charge in [0.15, 0.2) is 0 Å². The van der Waals surface area contributed by atoms with E-state index in [1.165, 1.54) is 0 Å². The van der Waals surface area contributed by atoms with Gasteiger partial charge in [-0.2, -0.15) is 0 Å².